The molecule has 10 heteroatoms. The number of hydrogen-bond acceptors (Lipinski definition) is 6. The number of rotatable bonds is 4. The molecule has 0 radical (unpaired) electrons. The van der Waals surface area contributed by atoms with Crippen molar-refractivity contribution in [3.63, 3.8) is 0 Å². The Morgan fingerprint density at radius 1 is 0.688 bits per heavy atom. The first-order valence-corrected chi connectivity index (χ1v) is 17.2. The fourth-order valence-corrected chi connectivity index (χ4v) is 7.22. The summed E-state index contributed by atoms with van der Waals surface area (Å²) in [5.74, 6) is 1.60. The number of ether oxygens (including phenoxy) is 2. The van der Waals surface area contributed by atoms with Crippen LogP contribution in [0.3, 0.4) is 0 Å². The van der Waals surface area contributed by atoms with Crippen molar-refractivity contribution in [2.24, 2.45) is 0 Å². The highest BCUT2D eigenvalue weighted by Crippen LogP contribution is 2.39. The van der Waals surface area contributed by atoms with Crippen LogP contribution in [-0.4, -0.2) is 66.2 Å². The van der Waals surface area contributed by atoms with E-state index in [-0.39, 0.29) is 24.3 Å². The highest BCUT2D eigenvalue weighted by Gasteiger charge is 2.36. The molecular formula is C38H46N6O4. The van der Waals surface area contributed by atoms with Crippen LogP contribution in [0.1, 0.15) is 102 Å². The Morgan fingerprint density at radius 2 is 1.10 bits per heavy atom. The van der Waals surface area contributed by atoms with Crippen molar-refractivity contribution in [2.75, 3.05) is 13.1 Å². The van der Waals surface area contributed by atoms with Crippen LogP contribution in [0.25, 0.3) is 33.6 Å². The molecule has 2 N–H and O–H groups in total. The third-order valence-electron chi connectivity index (χ3n) is 9.37. The predicted molar refractivity (Wildman–Crippen MR) is 184 cm³/mol. The number of carbonyl (C=O) groups is 2. The van der Waals surface area contributed by atoms with E-state index in [0.29, 0.717) is 13.1 Å². The second-order valence-electron chi connectivity index (χ2n) is 15.3. The van der Waals surface area contributed by atoms with Gasteiger partial charge in [0, 0.05) is 13.1 Å². The second-order valence-corrected chi connectivity index (χ2v) is 15.3. The van der Waals surface area contributed by atoms with E-state index in [9.17, 15) is 9.59 Å². The average Bonchev–Trinajstić information content (AvgIpc) is 3.84. The standard InChI is InChI=1S/C38H46N6O4/c1-37(2,3)47-35(45)43-17-7-9-31(43)33-39-21-29(41-33)25-13-15-27-23(19-25)11-12-24-20-26(14-16-28(24)27)30-22-40-34(42-30)32-10-8-18-44(32)36(46)48-38(4,5)6/h13-16,19-22,31-32H,7-12,17-18H2,1-6H3,(H,39,41)(H,40,42)/t31-,32-/m0/s1. The van der Waals surface area contributed by atoms with Gasteiger partial charge < -0.3 is 19.4 Å². The Kier molecular flexibility index (Phi) is 8.08. The molecule has 10 nitrogen and oxygen atoms in total. The summed E-state index contributed by atoms with van der Waals surface area (Å²) < 4.78 is 11.3. The smallest absolute Gasteiger partial charge is 0.410 e. The molecule has 0 spiro atoms. The van der Waals surface area contributed by atoms with Gasteiger partial charge in [-0.25, -0.2) is 19.6 Å². The summed E-state index contributed by atoms with van der Waals surface area (Å²) in [5, 5.41) is 0. The van der Waals surface area contributed by atoms with Crippen LogP contribution in [0, 0.1) is 0 Å². The number of imidazole rings is 2. The minimum absolute atomic E-state index is 0.111. The number of hydrogen-bond donors (Lipinski definition) is 2. The van der Waals surface area contributed by atoms with Crippen molar-refractivity contribution < 1.29 is 19.1 Å². The van der Waals surface area contributed by atoms with Gasteiger partial charge >= 0.3 is 12.2 Å². The van der Waals surface area contributed by atoms with Crippen molar-refractivity contribution in [1.82, 2.24) is 29.7 Å². The summed E-state index contributed by atoms with van der Waals surface area (Å²) in [5.41, 5.74) is 8.14. The first-order chi connectivity index (χ1) is 22.8. The molecule has 252 valence electrons. The second kappa shape index (κ2) is 12.1. The number of likely N-dealkylation sites (tertiary alicyclic amines) is 2. The van der Waals surface area contributed by atoms with Gasteiger partial charge in [-0.2, -0.15) is 0 Å². The van der Waals surface area contributed by atoms with Crippen LogP contribution in [0.5, 0.6) is 0 Å². The summed E-state index contributed by atoms with van der Waals surface area (Å²) in [6, 6.07) is 13.0. The lowest BCUT2D eigenvalue weighted by atomic mass is 9.83. The summed E-state index contributed by atoms with van der Waals surface area (Å²) in [7, 11) is 0. The Labute approximate surface area is 282 Å². The topological polar surface area (TPSA) is 116 Å². The number of nitrogens with one attached hydrogen (secondary N) is 2. The Bertz CT molecular complexity index is 1710. The van der Waals surface area contributed by atoms with Crippen LogP contribution in [0.4, 0.5) is 9.59 Å². The average molecular weight is 651 g/mol. The number of H-pyrrole nitrogens is 2. The van der Waals surface area contributed by atoms with E-state index in [1.165, 1.54) is 22.3 Å². The normalized spacial score (nSPS) is 19.3. The number of benzene rings is 2. The molecule has 0 unspecified atom stereocenters. The van der Waals surface area contributed by atoms with Crippen molar-refractivity contribution >= 4 is 12.2 Å². The number of aromatic nitrogens is 4. The van der Waals surface area contributed by atoms with E-state index in [1.54, 1.807) is 9.80 Å². The van der Waals surface area contributed by atoms with Crippen LogP contribution in [0.2, 0.25) is 0 Å². The third kappa shape index (κ3) is 6.44. The number of carbonyl (C=O) groups excluding carboxylic acids is 2. The molecule has 2 saturated heterocycles. The van der Waals surface area contributed by atoms with Crippen molar-refractivity contribution in [3.05, 3.63) is 71.6 Å². The summed E-state index contributed by atoms with van der Waals surface area (Å²) in [4.78, 5) is 45.7. The summed E-state index contributed by atoms with van der Waals surface area (Å²) >= 11 is 0. The van der Waals surface area contributed by atoms with Crippen LogP contribution in [-0.2, 0) is 22.3 Å². The molecule has 2 aromatic carbocycles. The van der Waals surface area contributed by atoms with E-state index in [2.05, 4.69) is 46.4 Å². The van der Waals surface area contributed by atoms with E-state index in [0.717, 1.165) is 72.7 Å². The lowest BCUT2D eigenvalue weighted by Crippen LogP contribution is -2.36. The van der Waals surface area contributed by atoms with Gasteiger partial charge in [0.05, 0.1) is 35.9 Å². The zero-order valence-corrected chi connectivity index (χ0v) is 28.9. The number of aryl methyl sites for hydroxylation is 2. The largest absolute Gasteiger partial charge is 0.444 e. The lowest BCUT2D eigenvalue weighted by Gasteiger charge is -2.27. The van der Waals surface area contributed by atoms with E-state index in [1.807, 2.05) is 53.9 Å². The SMILES string of the molecule is CC(C)(C)OC(=O)N1CCC[C@H]1c1ncc(-c2ccc3c(c2)CCc2cc(-c4cnc([C@@H]5CCCN5C(=O)OC(C)(C)C)[nH]4)ccc2-3)[nH]1. The Morgan fingerprint density at radius 3 is 1.50 bits per heavy atom. The molecular weight excluding hydrogens is 604 g/mol. The first kappa shape index (κ1) is 32.0. The minimum atomic E-state index is -0.535. The predicted octanol–water partition coefficient (Wildman–Crippen LogP) is 8.38. The highest BCUT2D eigenvalue weighted by molar-refractivity contribution is 5.79. The molecule has 7 rings (SSSR count). The van der Waals surface area contributed by atoms with Crippen LogP contribution in [0.15, 0.2) is 48.8 Å². The monoisotopic (exact) mass is 650 g/mol. The molecule has 1 aliphatic carbocycles. The first-order valence-electron chi connectivity index (χ1n) is 17.2. The number of amides is 2. The van der Waals surface area contributed by atoms with Crippen molar-refractivity contribution in [1.29, 1.82) is 0 Å². The number of fused-ring (bicyclic) bond motifs is 3. The molecule has 4 aromatic rings. The van der Waals surface area contributed by atoms with E-state index < -0.39 is 11.2 Å². The van der Waals surface area contributed by atoms with Crippen molar-refractivity contribution in [2.45, 2.75) is 103 Å². The molecule has 2 fully saturated rings. The molecule has 0 saturated carbocycles. The van der Waals surface area contributed by atoms with E-state index in [4.69, 9.17) is 19.4 Å². The lowest BCUT2D eigenvalue weighted by molar-refractivity contribution is 0.0208. The van der Waals surface area contributed by atoms with Crippen molar-refractivity contribution in [3.8, 4) is 33.6 Å². The maximum absolute atomic E-state index is 12.9. The number of aromatic amines is 2. The fraction of sp³-hybridized carbons (Fsp3) is 0.474. The van der Waals surface area contributed by atoms with Gasteiger partial charge in [-0.1, -0.05) is 24.3 Å². The number of nitrogens with zero attached hydrogens (tertiary/aromatic N) is 4. The van der Waals surface area contributed by atoms with E-state index >= 15 is 0 Å². The fourth-order valence-electron chi connectivity index (χ4n) is 7.22. The summed E-state index contributed by atoms with van der Waals surface area (Å²) in [6.45, 7) is 12.7. The van der Waals surface area contributed by atoms with Crippen LogP contribution >= 0.6 is 0 Å². The zero-order chi connectivity index (χ0) is 33.8. The van der Waals surface area contributed by atoms with Crippen LogP contribution < -0.4 is 0 Å². The Hall–Kier alpha value is -4.60. The van der Waals surface area contributed by atoms with Gasteiger partial charge in [-0.15, -0.1) is 0 Å². The molecule has 2 aromatic heterocycles. The van der Waals surface area contributed by atoms with Gasteiger partial charge in [0.15, 0.2) is 0 Å². The Balaban J connectivity index is 1.07. The maximum Gasteiger partial charge on any atom is 0.410 e. The van der Waals surface area contributed by atoms with Gasteiger partial charge in [0.1, 0.15) is 22.9 Å². The molecule has 0 bridgehead atoms. The molecule has 3 aliphatic rings. The minimum Gasteiger partial charge on any atom is -0.444 e. The molecule has 4 heterocycles. The molecule has 2 amide bonds. The molecule has 2 aliphatic heterocycles. The quantitative estimate of drug-likeness (QED) is 0.229. The van der Waals surface area contributed by atoms with Gasteiger partial charge in [-0.3, -0.25) is 9.80 Å². The summed E-state index contributed by atoms with van der Waals surface area (Å²) in [6.07, 6.45) is 8.64. The highest BCUT2D eigenvalue weighted by atomic mass is 16.6. The van der Waals surface area contributed by atoms with Gasteiger partial charge in [0.25, 0.3) is 0 Å². The third-order valence-corrected chi connectivity index (χ3v) is 9.37. The maximum atomic E-state index is 12.9. The zero-order valence-electron chi connectivity index (χ0n) is 28.9. The molecule has 48 heavy (non-hydrogen) atoms. The van der Waals surface area contributed by atoms with Gasteiger partial charge in [0.2, 0.25) is 0 Å². The molecule has 2 atom stereocenters. The van der Waals surface area contributed by atoms with Gasteiger partial charge in [-0.05, 0) is 126 Å².